The molecule has 2 atom stereocenters. The molecule has 3 rings (SSSR count). The van der Waals surface area contributed by atoms with Gasteiger partial charge in [0.15, 0.2) is 6.10 Å². The molecular formula is C24H31N3O7S. The molecule has 1 amide bonds. The molecular weight excluding hydrogens is 474 g/mol. The fourth-order valence-corrected chi connectivity index (χ4v) is 5.09. The molecule has 4 N–H and O–H groups in total. The first-order valence-electron chi connectivity index (χ1n) is 11.4. The van der Waals surface area contributed by atoms with Crippen molar-refractivity contribution >= 4 is 27.8 Å². The van der Waals surface area contributed by atoms with Gasteiger partial charge in [0.25, 0.3) is 0 Å². The van der Waals surface area contributed by atoms with E-state index in [0.717, 1.165) is 5.56 Å². The van der Waals surface area contributed by atoms with Crippen molar-refractivity contribution in [1.82, 2.24) is 4.72 Å². The Bertz CT molecular complexity index is 1120. The number of anilines is 1. The molecule has 11 heteroatoms. The smallest absolute Gasteiger partial charge is 0.414 e. The van der Waals surface area contributed by atoms with Crippen LogP contribution in [0.2, 0.25) is 0 Å². The van der Waals surface area contributed by atoms with Crippen LogP contribution >= 0.6 is 0 Å². The van der Waals surface area contributed by atoms with Crippen molar-refractivity contribution in [2.75, 3.05) is 23.8 Å². The Hall–Kier alpha value is -3.15. The molecule has 2 aromatic rings. The predicted octanol–water partition coefficient (Wildman–Crippen LogP) is 2.26. The summed E-state index contributed by atoms with van der Waals surface area (Å²) in [7, 11) is -3.68. The van der Waals surface area contributed by atoms with Gasteiger partial charge in [-0.15, -0.1) is 0 Å². The SMILES string of the molecule is CCCCS(=O)(=O)NC(Cc1ccc(OCC2CN(c3ccccc3CN)C(=O)O2)cc1)C(=O)O. The van der Waals surface area contributed by atoms with Gasteiger partial charge in [-0.2, -0.15) is 0 Å². The van der Waals surface area contributed by atoms with Crippen molar-refractivity contribution < 1.29 is 32.6 Å². The van der Waals surface area contributed by atoms with Crippen LogP contribution in [0, 0.1) is 0 Å². The second-order valence-corrected chi connectivity index (χ2v) is 10.2. The molecule has 35 heavy (non-hydrogen) atoms. The Balaban J connectivity index is 1.55. The molecule has 1 saturated heterocycles. The summed E-state index contributed by atoms with van der Waals surface area (Å²) < 4.78 is 37.6. The standard InChI is InChI=1S/C24H31N3O7S/c1-2-3-12-35(31,32)26-21(23(28)29)13-17-8-10-19(11-9-17)33-16-20-15-27(24(30)34-20)22-7-5-4-6-18(22)14-25/h4-11,20-21,26H,2-3,12-16,25H2,1H3,(H,28,29). The number of sulfonamides is 1. The molecule has 0 aliphatic carbocycles. The number of nitrogens with one attached hydrogen (secondary N) is 1. The quantitative estimate of drug-likeness (QED) is 0.375. The van der Waals surface area contributed by atoms with Gasteiger partial charge in [0.05, 0.1) is 18.0 Å². The average molecular weight is 506 g/mol. The van der Waals surface area contributed by atoms with E-state index in [4.69, 9.17) is 15.2 Å². The van der Waals surface area contributed by atoms with Crippen LogP contribution in [0.4, 0.5) is 10.5 Å². The highest BCUT2D eigenvalue weighted by Crippen LogP contribution is 2.26. The molecule has 1 heterocycles. The number of para-hydroxylation sites is 1. The maximum atomic E-state index is 12.3. The lowest BCUT2D eigenvalue weighted by Gasteiger charge is -2.17. The Morgan fingerprint density at radius 2 is 1.97 bits per heavy atom. The van der Waals surface area contributed by atoms with E-state index < -0.39 is 34.2 Å². The van der Waals surface area contributed by atoms with Gasteiger partial charge in [0.1, 0.15) is 18.4 Å². The molecule has 0 radical (unpaired) electrons. The number of carboxylic acid groups (broad SMARTS) is 1. The van der Waals surface area contributed by atoms with Crippen LogP contribution in [-0.4, -0.2) is 56.6 Å². The minimum absolute atomic E-state index is 0.00326. The lowest BCUT2D eigenvalue weighted by molar-refractivity contribution is -0.138. The van der Waals surface area contributed by atoms with Gasteiger partial charge < -0.3 is 20.3 Å². The number of carbonyl (C=O) groups excluding carboxylic acids is 1. The number of benzene rings is 2. The maximum absolute atomic E-state index is 12.3. The number of nitrogens with zero attached hydrogens (tertiary/aromatic N) is 1. The normalized spacial score (nSPS) is 16.7. The van der Waals surface area contributed by atoms with E-state index in [0.29, 0.717) is 42.9 Å². The summed E-state index contributed by atoms with van der Waals surface area (Å²) in [5.74, 6) is -0.837. The van der Waals surface area contributed by atoms with Crippen molar-refractivity contribution in [3.05, 3.63) is 59.7 Å². The zero-order chi connectivity index (χ0) is 25.4. The molecule has 0 spiro atoms. The molecule has 1 aliphatic heterocycles. The predicted molar refractivity (Wildman–Crippen MR) is 131 cm³/mol. The fraction of sp³-hybridized carbons (Fsp3) is 0.417. The number of hydrogen-bond acceptors (Lipinski definition) is 7. The minimum Gasteiger partial charge on any atom is -0.490 e. The van der Waals surface area contributed by atoms with Crippen LogP contribution in [0.25, 0.3) is 0 Å². The molecule has 0 saturated carbocycles. The molecule has 0 aromatic heterocycles. The van der Waals surface area contributed by atoms with Crippen molar-refractivity contribution in [2.24, 2.45) is 5.73 Å². The lowest BCUT2D eigenvalue weighted by Crippen LogP contribution is -2.43. The van der Waals surface area contributed by atoms with Crippen LogP contribution in [0.15, 0.2) is 48.5 Å². The molecule has 10 nitrogen and oxygen atoms in total. The first kappa shape index (κ1) is 26.5. The summed E-state index contributed by atoms with van der Waals surface area (Å²) in [6.45, 7) is 2.63. The number of carbonyl (C=O) groups is 2. The van der Waals surface area contributed by atoms with Crippen molar-refractivity contribution in [3.63, 3.8) is 0 Å². The number of ether oxygens (including phenoxy) is 2. The van der Waals surface area contributed by atoms with Crippen LogP contribution < -0.4 is 20.1 Å². The van der Waals surface area contributed by atoms with E-state index in [1.165, 1.54) is 4.90 Å². The van der Waals surface area contributed by atoms with E-state index in [1.54, 1.807) is 24.3 Å². The van der Waals surface area contributed by atoms with E-state index in [2.05, 4.69) is 4.72 Å². The first-order valence-corrected chi connectivity index (χ1v) is 13.1. The van der Waals surface area contributed by atoms with Crippen LogP contribution in [0.3, 0.4) is 0 Å². The minimum atomic E-state index is -3.68. The number of amides is 1. The molecule has 190 valence electrons. The topological polar surface area (TPSA) is 148 Å². The highest BCUT2D eigenvalue weighted by Gasteiger charge is 2.33. The second-order valence-electron chi connectivity index (χ2n) is 8.29. The monoisotopic (exact) mass is 505 g/mol. The summed E-state index contributed by atoms with van der Waals surface area (Å²) in [5, 5.41) is 9.44. The third-order valence-electron chi connectivity index (χ3n) is 5.56. The largest absolute Gasteiger partial charge is 0.490 e. The molecule has 2 unspecified atom stereocenters. The Kier molecular flexibility index (Phi) is 9.07. The number of carboxylic acids is 1. The molecule has 1 fully saturated rings. The van der Waals surface area contributed by atoms with E-state index in [1.807, 2.05) is 31.2 Å². The van der Waals surface area contributed by atoms with Gasteiger partial charge in [-0.3, -0.25) is 9.69 Å². The van der Waals surface area contributed by atoms with Gasteiger partial charge in [0.2, 0.25) is 10.0 Å². The maximum Gasteiger partial charge on any atom is 0.414 e. The lowest BCUT2D eigenvalue weighted by atomic mass is 10.1. The number of aliphatic carboxylic acids is 1. The van der Waals surface area contributed by atoms with E-state index in [9.17, 15) is 23.1 Å². The third-order valence-corrected chi connectivity index (χ3v) is 7.03. The van der Waals surface area contributed by atoms with Crippen molar-refractivity contribution in [3.8, 4) is 5.75 Å². The zero-order valence-electron chi connectivity index (χ0n) is 19.6. The fourth-order valence-electron chi connectivity index (χ4n) is 3.69. The Morgan fingerprint density at radius 1 is 1.26 bits per heavy atom. The molecule has 1 aliphatic rings. The third kappa shape index (κ3) is 7.41. The highest BCUT2D eigenvalue weighted by molar-refractivity contribution is 7.89. The summed E-state index contributed by atoms with van der Waals surface area (Å²) in [6.07, 6.45) is 0.217. The summed E-state index contributed by atoms with van der Waals surface area (Å²) in [6, 6.07) is 12.8. The number of cyclic esters (lactones) is 1. The summed E-state index contributed by atoms with van der Waals surface area (Å²) in [4.78, 5) is 25.4. The zero-order valence-corrected chi connectivity index (χ0v) is 20.4. The van der Waals surface area contributed by atoms with Gasteiger partial charge in [-0.05, 0) is 42.2 Å². The van der Waals surface area contributed by atoms with Crippen LogP contribution in [-0.2, 0) is 32.5 Å². The van der Waals surface area contributed by atoms with Gasteiger partial charge >= 0.3 is 12.1 Å². The van der Waals surface area contributed by atoms with Gasteiger partial charge in [-0.1, -0.05) is 43.7 Å². The summed E-state index contributed by atoms with van der Waals surface area (Å²) in [5.41, 5.74) is 7.96. The average Bonchev–Trinajstić information content (AvgIpc) is 3.21. The number of nitrogens with two attached hydrogens (primary N) is 1. The number of hydrogen-bond donors (Lipinski definition) is 3. The molecule has 2 aromatic carbocycles. The van der Waals surface area contributed by atoms with Crippen molar-refractivity contribution in [2.45, 2.75) is 44.9 Å². The number of unbranched alkanes of at least 4 members (excludes halogenated alkanes) is 1. The Labute approximate surface area is 205 Å². The van der Waals surface area contributed by atoms with Gasteiger partial charge in [-0.25, -0.2) is 17.9 Å². The van der Waals surface area contributed by atoms with Crippen LogP contribution in [0.1, 0.15) is 30.9 Å². The first-order chi connectivity index (χ1) is 16.7. The van der Waals surface area contributed by atoms with E-state index >= 15 is 0 Å². The van der Waals surface area contributed by atoms with E-state index in [-0.39, 0.29) is 18.8 Å². The Morgan fingerprint density at radius 3 is 2.63 bits per heavy atom. The van der Waals surface area contributed by atoms with Crippen molar-refractivity contribution in [1.29, 1.82) is 0 Å². The summed E-state index contributed by atoms with van der Waals surface area (Å²) >= 11 is 0. The number of rotatable bonds is 13. The molecule has 0 bridgehead atoms. The highest BCUT2D eigenvalue weighted by atomic mass is 32.2. The van der Waals surface area contributed by atoms with Gasteiger partial charge in [0, 0.05) is 6.54 Å². The second kappa shape index (κ2) is 12.0. The van der Waals surface area contributed by atoms with Crippen LogP contribution in [0.5, 0.6) is 5.75 Å².